The Morgan fingerprint density at radius 2 is 2.50 bits per heavy atom. The van der Waals surface area contributed by atoms with Gasteiger partial charge in [0.2, 0.25) is 0 Å². The lowest BCUT2D eigenvalue weighted by Crippen LogP contribution is -2.46. The fourth-order valence-electron chi connectivity index (χ4n) is 2.18. The molecule has 2 rings (SSSR count). The Kier molecular flexibility index (Phi) is 4.82. The third-order valence-electron chi connectivity index (χ3n) is 3.27. The fourth-order valence-corrected chi connectivity index (χ4v) is 3.64. The molecule has 0 spiro atoms. The van der Waals surface area contributed by atoms with Crippen LogP contribution in [0.4, 0.5) is 0 Å². The Hall–Kier alpha value is 0.100. The number of hydrogen-bond donors (Lipinski definition) is 2. The zero-order valence-electron chi connectivity index (χ0n) is 9.63. The molecular weight excluding hydrogens is 284 g/mol. The molecule has 2 heterocycles. The van der Waals surface area contributed by atoms with E-state index in [0.29, 0.717) is 6.04 Å². The first kappa shape index (κ1) is 12.6. The van der Waals surface area contributed by atoms with Gasteiger partial charge in [-0.1, -0.05) is 6.92 Å². The highest BCUT2D eigenvalue weighted by atomic mass is 79.9. The van der Waals surface area contributed by atoms with Gasteiger partial charge in [-0.2, -0.15) is 0 Å². The summed E-state index contributed by atoms with van der Waals surface area (Å²) >= 11 is 5.37. The Morgan fingerprint density at radius 3 is 3.19 bits per heavy atom. The highest BCUT2D eigenvalue weighted by molar-refractivity contribution is 9.10. The van der Waals surface area contributed by atoms with Crippen molar-refractivity contribution in [2.75, 3.05) is 13.1 Å². The number of nitrogens with one attached hydrogen (secondary N) is 2. The van der Waals surface area contributed by atoms with Crippen molar-refractivity contribution in [3.63, 3.8) is 0 Å². The van der Waals surface area contributed by atoms with E-state index in [9.17, 15) is 0 Å². The van der Waals surface area contributed by atoms with Crippen LogP contribution < -0.4 is 10.6 Å². The normalized spacial score (nSPS) is 25.9. The molecule has 0 aliphatic carbocycles. The van der Waals surface area contributed by atoms with Crippen molar-refractivity contribution >= 4 is 27.3 Å². The number of piperidine rings is 1. The molecule has 1 fully saturated rings. The minimum Gasteiger partial charge on any atom is -0.312 e. The van der Waals surface area contributed by atoms with E-state index < -0.39 is 0 Å². The molecule has 0 aromatic carbocycles. The fraction of sp³-hybridized carbons (Fsp3) is 0.667. The van der Waals surface area contributed by atoms with Crippen LogP contribution in [0.25, 0.3) is 0 Å². The Labute approximate surface area is 110 Å². The van der Waals surface area contributed by atoms with Gasteiger partial charge in [0.05, 0.1) is 0 Å². The largest absolute Gasteiger partial charge is 0.312 e. The van der Waals surface area contributed by atoms with Crippen molar-refractivity contribution in [3.05, 3.63) is 20.8 Å². The predicted octanol–water partition coefficient (Wildman–Crippen LogP) is 2.99. The molecule has 1 aromatic heterocycles. The number of thiophene rings is 1. The third-order valence-corrected chi connectivity index (χ3v) is 5.20. The van der Waals surface area contributed by atoms with Gasteiger partial charge in [-0.05, 0) is 52.7 Å². The summed E-state index contributed by atoms with van der Waals surface area (Å²) in [7, 11) is 0. The lowest BCUT2D eigenvalue weighted by Gasteiger charge is -2.30. The van der Waals surface area contributed by atoms with Crippen LogP contribution >= 0.6 is 27.3 Å². The van der Waals surface area contributed by atoms with E-state index in [4.69, 9.17) is 0 Å². The lowest BCUT2D eigenvalue weighted by atomic mass is 9.93. The molecule has 2 N–H and O–H groups in total. The molecule has 16 heavy (non-hydrogen) atoms. The smallest absolute Gasteiger partial charge is 0.0327 e. The molecule has 90 valence electrons. The highest BCUT2D eigenvalue weighted by Gasteiger charge is 2.19. The molecule has 4 heteroatoms. The molecule has 2 nitrogen and oxygen atoms in total. The summed E-state index contributed by atoms with van der Waals surface area (Å²) in [6.07, 6.45) is 2.69. The van der Waals surface area contributed by atoms with Gasteiger partial charge in [-0.15, -0.1) is 11.3 Å². The zero-order chi connectivity index (χ0) is 11.4. The molecule has 1 saturated heterocycles. The van der Waals surface area contributed by atoms with Crippen LogP contribution in [0.2, 0.25) is 0 Å². The van der Waals surface area contributed by atoms with E-state index in [1.54, 1.807) is 0 Å². The average Bonchev–Trinajstić information content (AvgIpc) is 2.67. The maximum atomic E-state index is 3.59. The number of halogens is 1. The molecule has 2 atom stereocenters. The molecule has 0 bridgehead atoms. The van der Waals surface area contributed by atoms with Gasteiger partial charge in [0.15, 0.2) is 0 Å². The average molecular weight is 303 g/mol. The van der Waals surface area contributed by atoms with Crippen LogP contribution in [-0.4, -0.2) is 19.1 Å². The summed E-state index contributed by atoms with van der Waals surface area (Å²) in [4.78, 5) is 1.39. The van der Waals surface area contributed by atoms with Crippen LogP contribution in [0, 0.1) is 5.92 Å². The van der Waals surface area contributed by atoms with Crippen LogP contribution in [-0.2, 0) is 6.54 Å². The van der Waals surface area contributed by atoms with Gasteiger partial charge in [0.25, 0.3) is 0 Å². The second kappa shape index (κ2) is 6.15. The lowest BCUT2D eigenvalue weighted by molar-refractivity contribution is 0.290. The number of hydrogen-bond acceptors (Lipinski definition) is 3. The summed E-state index contributed by atoms with van der Waals surface area (Å²) in [5, 5.41) is 9.27. The monoisotopic (exact) mass is 302 g/mol. The predicted molar refractivity (Wildman–Crippen MR) is 73.9 cm³/mol. The molecule has 1 aliphatic heterocycles. The zero-order valence-corrected chi connectivity index (χ0v) is 12.0. The first-order valence-electron chi connectivity index (χ1n) is 5.93. The SMILES string of the molecule is CC1CCCNC1CNCc1sccc1Br. The maximum absolute atomic E-state index is 3.59. The Morgan fingerprint density at radius 1 is 1.62 bits per heavy atom. The molecule has 0 radical (unpaired) electrons. The van der Waals surface area contributed by atoms with Gasteiger partial charge < -0.3 is 10.6 Å². The van der Waals surface area contributed by atoms with E-state index >= 15 is 0 Å². The molecule has 0 saturated carbocycles. The first-order valence-corrected chi connectivity index (χ1v) is 7.60. The van der Waals surface area contributed by atoms with E-state index in [1.807, 2.05) is 11.3 Å². The van der Waals surface area contributed by atoms with Crippen molar-refractivity contribution in [2.45, 2.75) is 32.4 Å². The summed E-state index contributed by atoms with van der Waals surface area (Å²) in [6, 6.07) is 2.76. The Bertz CT molecular complexity index is 327. The van der Waals surface area contributed by atoms with E-state index in [1.165, 1.54) is 28.7 Å². The molecule has 2 unspecified atom stereocenters. The van der Waals surface area contributed by atoms with Crippen molar-refractivity contribution in [1.29, 1.82) is 0 Å². The van der Waals surface area contributed by atoms with Gasteiger partial charge in [0, 0.05) is 28.5 Å². The van der Waals surface area contributed by atoms with Crippen molar-refractivity contribution in [3.8, 4) is 0 Å². The molecule has 1 aromatic rings. The summed E-state index contributed by atoms with van der Waals surface area (Å²) in [5.74, 6) is 0.799. The minimum atomic E-state index is 0.646. The highest BCUT2D eigenvalue weighted by Crippen LogP contribution is 2.22. The quantitative estimate of drug-likeness (QED) is 0.893. The third kappa shape index (κ3) is 3.29. The first-order chi connectivity index (χ1) is 7.77. The molecule has 0 amide bonds. The second-order valence-corrected chi connectivity index (χ2v) is 6.36. The number of rotatable bonds is 4. The topological polar surface area (TPSA) is 24.1 Å². The van der Waals surface area contributed by atoms with Gasteiger partial charge >= 0.3 is 0 Å². The van der Waals surface area contributed by atoms with Gasteiger partial charge in [-0.3, -0.25) is 0 Å². The minimum absolute atomic E-state index is 0.646. The summed E-state index contributed by atoms with van der Waals surface area (Å²) in [5.41, 5.74) is 0. The van der Waals surface area contributed by atoms with Crippen LogP contribution in [0.15, 0.2) is 15.9 Å². The standard InChI is InChI=1S/C12H19BrN2S/c1-9-3-2-5-15-11(9)7-14-8-12-10(13)4-6-16-12/h4,6,9,11,14-15H,2-3,5,7-8H2,1H3. The molecular formula is C12H19BrN2S. The van der Waals surface area contributed by atoms with E-state index in [0.717, 1.165) is 19.0 Å². The second-order valence-electron chi connectivity index (χ2n) is 4.50. The van der Waals surface area contributed by atoms with E-state index in [-0.39, 0.29) is 0 Å². The van der Waals surface area contributed by atoms with Gasteiger partial charge in [0.1, 0.15) is 0 Å². The molecule has 1 aliphatic rings. The summed E-state index contributed by atoms with van der Waals surface area (Å²) < 4.78 is 1.23. The van der Waals surface area contributed by atoms with E-state index in [2.05, 4.69) is 44.9 Å². The van der Waals surface area contributed by atoms with Crippen molar-refractivity contribution in [1.82, 2.24) is 10.6 Å². The Balaban J connectivity index is 1.73. The van der Waals surface area contributed by atoms with Crippen molar-refractivity contribution < 1.29 is 0 Å². The van der Waals surface area contributed by atoms with Crippen LogP contribution in [0.5, 0.6) is 0 Å². The summed E-state index contributed by atoms with van der Waals surface area (Å²) in [6.45, 7) is 5.58. The maximum Gasteiger partial charge on any atom is 0.0327 e. The van der Waals surface area contributed by atoms with Gasteiger partial charge in [-0.25, -0.2) is 0 Å². The van der Waals surface area contributed by atoms with Crippen LogP contribution in [0.3, 0.4) is 0 Å². The van der Waals surface area contributed by atoms with Crippen LogP contribution in [0.1, 0.15) is 24.6 Å². The van der Waals surface area contributed by atoms with Crippen molar-refractivity contribution in [2.24, 2.45) is 5.92 Å².